The van der Waals surface area contributed by atoms with Crippen LogP contribution in [0.4, 0.5) is 4.79 Å². The zero-order valence-electron chi connectivity index (χ0n) is 28.5. The lowest BCUT2D eigenvalue weighted by Gasteiger charge is -2.40. The highest BCUT2D eigenvalue weighted by molar-refractivity contribution is 5.87. The van der Waals surface area contributed by atoms with E-state index in [0.29, 0.717) is 12.8 Å². The molecule has 0 bridgehead atoms. The summed E-state index contributed by atoms with van der Waals surface area (Å²) in [5, 5.41) is 17.4. The summed E-state index contributed by atoms with van der Waals surface area (Å²) in [4.78, 5) is 54.1. The standard InChI is InChI=1S/C36H54N4O6/c1-8-27(9-2)40(34(44)28(21-31(37)42)36(5,6)7)22-30(41)29(20-25-16-12-10-13-17-25)38-33(43)32(24(3)4)39-35(45)46-23-26-18-14-11-15-19-26/h10-19,24,27-30,32,41H,8-9,20-23H2,1-7H3,(H2,37,42)(H,38,43)(H,39,45)/t28-,29-,30+,32-/m0/s1. The first-order valence-electron chi connectivity index (χ1n) is 16.3. The summed E-state index contributed by atoms with van der Waals surface area (Å²) in [6, 6.07) is 16.7. The Bertz CT molecular complexity index is 1240. The van der Waals surface area contributed by atoms with Gasteiger partial charge in [0.15, 0.2) is 0 Å². The number of nitrogens with zero attached hydrogens (tertiary/aromatic N) is 1. The number of primary amides is 1. The Kier molecular flexibility index (Phi) is 15.2. The molecule has 0 saturated carbocycles. The van der Waals surface area contributed by atoms with Crippen LogP contribution in [0.3, 0.4) is 0 Å². The molecule has 0 unspecified atom stereocenters. The van der Waals surface area contributed by atoms with E-state index in [0.717, 1.165) is 11.1 Å². The van der Waals surface area contributed by atoms with Gasteiger partial charge in [0.1, 0.15) is 12.6 Å². The van der Waals surface area contributed by atoms with E-state index < -0.39 is 47.4 Å². The van der Waals surface area contributed by atoms with E-state index in [4.69, 9.17) is 10.5 Å². The highest BCUT2D eigenvalue weighted by atomic mass is 16.5. The lowest BCUT2D eigenvalue weighted by atomic mass is 9.77. The lowest BCUT2D eigenvalue weighted by molar-refractivity contribution is -0.146. The van der Waals surface area contributed by atoms with E-state index in [1.54, 1.807) is 4.90 Å². The molecular weight excluding hydrogens is 584 g/mol. The van der Waals surface area contributed by atoms with Gasteiger partial charge in [0, 0.05) is 19.0 Å². The Balaban J connectivity index is 2.33. The van der Waals surface area contributed by atoms with Gasteiger partial charge >= 0.3 is 6.09 Å². The molecule has 46 heavy (non-hydrogen) atoms. The van der Waals surface area contributed by atoms with Gasteiger partial charge in [-0.1, -0.05) is 109 Å². The number of ether oxygens (including phenoxy) is 1. The van der Waals surface area contributed by atoms with E-state index in [-0.39, 0.29) is 43.9 Å². The van der Waals surface area contributed by atoms with Crippen molar-refractivity contribution in [1.29, 1.82) is 0 Å². The van der Waals surface area contributed by atoms with E-state index >= 15 is 0 Å². The summed E-state index contributed by atoms with van der Waals surface area (Å²) in [6.45, 7) is 13.2. The number of alkyl carbamates (subject to hydrolysis) is 1. The van der Waals surface area contributed by atoms with E-state index in [1.165, 1.54) is 0 Å². The van der Waals surface area contributed by atoms with Gasteiger partial charge in [0.05, 0.1) is 18.1 Å². The van der Waals surface area contributed by atoms with E-state index in [2.05, 4.69) is 10.6 Å². The summed E-state index contributed by atoms with van der Waals surface area (Å²) in [5.74, 6) is -2.28. The summed E-state index contributed by atoms with van der Waals surface area (Å²) < 4.78 is 5.36. The van der Waals surface area contributed by atoms with Crippen molar-refractivity contribution in [2.75, 3.05) is 6.54 Å². The molecule has 0 saturated heterocycles. The summed E-state index contributed by atoms with van der Waals surface area (Å²) in [5.41, 5.74) is 6.69. The molecule has 5 N–H and O–H groups in total. The molecule has 0 fully saturated rings. The number of carbonyl (C=O) groups excluding carboxylic acids is 4. The summed E-state index contributed by atoms with van der Waals surface area (Å²) >= 11 is 0. The molecule has 2 aromatic rings. The first-order valence-corrected chi connectivity index (χ1v) is 16.3. The molecule has 10 nitrogen and oxygen atoms in total. The largest absolute Gasteiger partial charge is 0.445 e. The van der Waals surface area contributed by atoms with E-state index in [1.807, 2.05) is 109 Å². The third-order valence-electron chi connectivity index (χ3n) is 8.32. The molecule has 0 aromatic heterocycles. The molecule has 0 aliphatic carbocycles. The molecule has 4 amide bonds. The average Bonchev–Trinajstić information content (AvgIpc) is 3.01. The number of benzene rings is 2. The van der Waals surface area contributed by atoms with Crippen molar-refractivity contribution in [1.82, 2.24) is 15.5 Å². The molecule has 0 radical (unpaired) electrons. The van der Waals surface area contributed by atoms with Gasteiger partial charge in [-0.05, 0) is 41.7 Å². The predicted molar refractivity (Wildman–Crippen MR) is 179 cm³/mol. The Morgan fingerprint density at radius 2 is 1.43 bits per heavy atom. The van der Waals surface area contributed by atoms with Crippen molar-refractivity contribution in [2.24, 2.45) is 23.0 Å². The Morgan fingerprint density at radius 3 is 1.91 bits per heavy atom. The van der Waals surface area contributed by atoms with Crippen LogP contribution in [0.1, 0.15) is 78.9 Å². The Morgan fingerprint density at radius 1 is 0.891 bits per heavy atom. The van der Waals surface area contributed by atoms with Crippen LogP contribution in [0, 0.1) is 17.3 Å². The number of hydrogen-bond donors (Lipinski definition) is 4. The van der Waals surface area contributed by atoms with Gasteiger partial charge in [-0.3, -0.25) is 14.4 Å². The van der Waals surface area contributed by atoms with Crippen LogP contribution in [0.2, 0.25) is 0 Å². The molecule has 0 aliphatic rings. The zero-order chi connectivity index (χ0) is 34.4. The molecule has 0 aliphatic heterocycles. The third-order valence-corrected chi connectivity index (χ3v) is 8.32. The average molecular weight is 639 g/mol. The van der Waals surface area contributed by atoms with Gasteiger partial charge in [-0.2, -0.15) is 0 Å². The number of rotatable bonds is 17. The van der Waals surface area contributed by atoms with Crippen molar-refractivity contribution < 1.29 is 29.0 Å². The molecule has 4 atom stereocenters. The lowest BCUT2D eigenvalue weighted by Crippen LogP contribution is -2.58. The van der Waals surface area contributed by atoms with Crippen LogP contribution in [0.5, 0.6) is 0 Å². The normalized spacial score (nSPS) is 14.2. The number of nitrogens with two attached hydrogens (primary N) is 1. The van der Waals surface area contributed by atoms with Crippen LogP contribution in [-0.4, -0.2) is 64.6 Å². The topological polar surface area (TPSA) is 151 Å². The van der Waals surface area contributed by atoms with Gasteiger partial charge < -0.3 is 31.1 Å². The number of aliphatic hydroxyl groups excluding tert-OH is 1. The maximum atomic E-state index is 14.1. The smallest absolute Gasteiger partial charge is 0.408 e. The fraction of sp³-hybridized carbons (Fsp3) is 0.556. The molecule has 2 aromatic carbocycles. The van der Waals surface area contributed by atoms with Gasteiger partial charge in [-0.15, -0.1) is 0 Å². The van der Waals surface area contributed by atoms with Crippen LogP contribution in [0.25, 0.3) is 0 Å². The van der Waals surface area contributed by atoms with Gasteiger partial charge in [-0.25, -0.2) is 4.79 Å². The van der Waals surface area contributed by atoms with E-state index in [9.17, 15) is 24.3 Å². The van der Waals surface area contributed by atoms with Crippen molar-refractivity contribution in [2.45, 2.75) is 105 Å². The number of amides is 4. The van der Waals surface area contributed by atoms with Crippen molar-refractivity contribution >= 4 is 23.8 Å². The summed E-state index contributed by atoms with van der Waals surface area (Å²) in [7, 11) is 0. The molecule has 2 rings (SSSR count). The van der Waals surface area contributed by atoms with Crippen molar-refractivity contribution in [3.63, 3.8) is 0 Å². The highest BCUT2D eigenvalue weighted by Crippen LogP contribution is 2.32. The molecule has 10 heteroatoms. The minimum Gasteiger partial charge on any atom is -0.445 e. The maximum absolute atomic E-state index is 14.1. The fourth-order valence-corrected chi connectivity index (χ4v) is 5.49. The Labute approximate surface area is 274 Å². The second-order valence-electron chi connectivity index (χ2n) is 13.3. The van der Waals surface area contributed by atoms with Crippen LogP contribution in [-0.2, 0) is 32.1 Å². The van der Waals surface area contributed by atoms with Gasteiger partial charge in [0.25, 0.3) is 0 Å². The summed E-state index contributed by atoms with van der Waals surface area (Å²) in [6.07, 6.45) is -0.440. The second-order valence-corrected chi connectivity index (χ2v) is 13.3. The molecule has 254 valence electrons. The van der Waals surface area contributed by atoms with Crippen LogP contribution in [0.15, 0.2) is 60.7 Å². The predicted octanol–water partition coefficient (Wildman–Crippen LogP) is 4.58. The maximum Gasteiger partial charge on any atom is 0.408 e. The quantitative estimate of drug-likeness (QED) is 0.199. The minimum absolute atomic E-state index is 0.0552. The molecule has 0 heterocycles. The second kappa shape index (κ2) is 18.3. The number of aliphatic hydroxyl groups is 1. The minimum atomic E-state index is -1.17. The zero-order valence-corrected chi connectivity index (χ0v) is 28.5. The van der Waals surface area contributed by atoms with Gasteiger partial charge in [0.2, 0.25) is 17.7 Å². The van der Waals surface area contributed by atoms with Crippen LogP contribution >= 0.6 is 0 Å². The fourth-order valence-electron chi connectivity index (χ4n) is 5.49. The van der Waals surface area contributed by atoms with Crippen molar-refractivity contribution in [3.05, 3.63) is 71.8 Å². The first-order chi connectivity index (χ1) is 21.7. The third kappa shape index (κ3) is 12.1. The van der Waals surface area contributed by atoms with Crippen molar-refractivity contribution in [3.8, 4) is 0 Å². The Hall–Kier alpha value is -3.92. The number of carbonyl (C=O) groups is 4. The SMILES string of the molecule is CCC(CC)N(C[C@@H](O)[C@H](Cc1ccccc1)NC(=O)[C@@H](NC(=O)OCc1ccccc1)C(C)C)C(=O)[C@H](CC(N)=O)C(C)(C)C. The van der Waals surface area contributed by atoms with Crippen LogP contribution < -0.4 is 16.4 Å². The monoisotopic (exact) mass is 638 g/mol. The molecule has 0 spiro atoms. The number of hydrogen-bond acceptors (Lipinski definition) is 6. The molecular formula is C36H54N4O6. The number of nitrogens with one attached hydrogen (secondary N) is 2. The highest BCUT2D eigenvalue weighted by Gasteiger charge is 2.39. The first kappa shape index (κ1) is 38.3.